The molecule has 0 aliphatic carbocycles. The van der Waals surface area contributed by atoms with E-state index in [-0.39, 0.29) is 44.1 Å². The van der Waals surface area contributed by atoms with E-state index < -0.39 is 127 Å². The molecule has 0 aromatic rings. The molecular weight excluding hydrogens is 1000 g/mol. The maximum Gasteiger partial charge on any atom is 0.328 e. The van der Waals surface area contributed by atoms with Gasteiger partial charge in [-0.25, -0.2) is 4.79 Å². The molecular formula is C57H89NO19. The molecule has 0 spiro atoms. The third-order valence-electron chi connectivity index (χ3n) is 15.4. The molecule has 436 valence electrons. The summed E-state index contributed by atoms with van der Waals surface area (Å²) in [6, 6.07) is 0. The molecule has 5 rings (SSSR count). The number of carbonyl (C=O) groups is 2. The summed E-state index contributed by atoms with van der Waals surface area (Å²) in [6.45, 7) is 14.7. The summed E-state index contributed by atoms with van der Waals surface area (Å²) >= 11 is 0. The number of aliphatic hydroxyl groups excluding tert-OH is 3. The number of methoxy groups -OCH3 is 4. The fourth-order valence-electron chi connectivity index (χ4n) is 10.6. The van der Waals surface area contributed by atoms with Crippen LogP contribution in [0.3, 0.4) is 0 Å². The van der Waals surface area contributed by atoms with Crippen LogP contribution < -0.4 is 5.32 Å². The maximum absolute atomic E-state index is 14.3. The van der Waals surface area contributed by atoms with Gasteiger partial charge >= 0.3 is 5.97 Å². The summed E-state index contributed by atoms with van der Waals surface area (Å²) in [5, 5.41) is 56.8. The summed E-state index contributed by atoms with van der Waals surface area (Å²) < 4.78 is 73.9. The third kappa shape index (κ3) is 17.5. The Morgan fingerprint density at radius 3 is 1.95 bits per heavy atom. The topological polar surface area (TPSA) is 258 Å². The average molecular weight is 1090 g/mol. The van der Waals surface area contributed by atoms with E-state index in [4.69, 9.17) is 61.9 Å². The van der Waals surface area contributed by atoms with Gasteiger partial charge in [0.2, 0.25) is 5.91 Å². The molecule has 5 heterocycles. The molecule has 77 heavy (non-hydrogen) atoms. The Bertz CT molecular complexity index is 2060. The van der Waals surface area contributed by atoms with Gasteiger partial charge in [-0.05, 0) is 40.2 Å². The first-order valence-corrected chi connectivity index (χ1v) is 26.9. The molecule has 5 saturated heterocycles. The normalized spacial score (nSPS) is 38.6. The third-order valence-corrected chi connectivity index (χ3v) is 15.4. The van der Waals surface area contributed by atoms with Crippen LogP contribution in [-0.4, -0.2) is 195 Å². The van der Waals surface area contributed by atoms with E-state index in [0.29, 0.717) is 19.3 Å². The SMILES string of the molecule is C/C=C\C=C\[C@@H]1O[C@](O)([C@H](CO[C@H]2C[C@H](OC)[C@H](O[C@@H]3C[C@@H](OC)[C@@H](O[C@H]4C[C@H](OC)[C@H](O)[C@H](C)O4)[C@H](C)O3)[C@H](C)O2)C(=O)NC/C=C/C=C(\C)[C@@H](OC)[C@@H](C)[C@@H]2C[C@H](O)[C@H](/C=C/C=C/C=C/C(=O)O)O2)C[C@H](O)C1(C)C. The van der Waals surface area contributed by atoms with Gasteiger partial charge in [0, 0.05) is 84.5 Å². The van der Waals surface area contributed by atoms with Gasteiger partial charge in [0.25, 0.3) is 0 Å². The molecule has 5 aliphatic heterocycles. The van der Waals surface area contributed by atoms with Crippen molar-refractivity contribution in [2.45, 2.75) is 204 Å². The molecule has 20 heteroatoms. The van der Waals surface area contributed by atoms with Crippen LogP contribution >= 0.6 is 0 Å². The highest BCUT2D eigenvalue weighted by atomic mass is 16.7. The van der Waals surface area contributed by atoms with E-state index in [1.54, 1.807) is 84.0 Å². The summed E-state index contributed by atoms with van der Waals surface area (Å²) in [4.78, 5) is 25.0. The number of hydrogen-bond donors (Lipinski definition) is 6. The van der Waals surface area contributed by atoms with Gasteiger partial charge in [0.05, 0.1) is 73.8 Å². The highest BCUT2D eigenvalue weighted by molar-refractivity contribution is 5.80. The number of hydrogen-bond acceptors (Lipinski definition) is 18. The van der Waals surface area contributed by atoms with Crippen LogP contribution in [-0.2, 0) is 66.4 Å². The zero-order chi connectivity index (χ0) is 56.6. The van der Waals surface area contributed by atoms with E-state index in [2.05, 4.69) is 5.32 Å². The first-order chi connectivity index (χ1) is 36.6. The first kappa shape index (κ1) is 64.3. The van der Waals surface area contributed by atoms with E-state index in [1.807, 2.05) is 66.7 Å². The highest BCUT2D eigenvalue weighted by Crippen LogP contribution is 2.44. The summed E-state index contributed by atoms with van der Waals surface area (Å²) in [6.07, 6.45) is 11.8. The predicted molar refractivity (Wildman–Crippen MR) is 283 cm³/mol. The van der Waals surface area contributed by atoms with Crippen LogP contribution in [0.15, 0.2) is 84.6 Å². The number of allylic oxidation sites excluding steroid dienone is 9. The fraction of sp³-hybridized carbons (Fsp3) is 0.719. The number of nitrogens with one attached hydrogen (secondary N) is 1. The van der Waals surface area contributed by atoms with Crippen molar-refractivity contribution in [2.75, 3.05) is 41.6 Å². The van der Waals surface area contributed by atoms with Gasteiger partial charge in [-0.1, -0.05) is 93.7 Å². The second-order valence-corrected chi connectivity index (χ2v) is 21.3. The van der Waals surface area contributed by atoms with Crippen molar-refractivity contribution in [3.8, 4) is 0 Å². The molecule has 0 radical (unpaired) electrons. The monoisotopic (exact) mass is 1090 g/mol. The summed E-state index contributed by atoms with van der Waals surface area (Å²) in [5.41, 5.74) is 0.0597. The van der Waals surface area contributed by atoms with Crippen LogP contribution in [0.1, 0.15) is 87.5 Å². The minimum absolute atomic E-state index is 0.0694. The van der Waals surface area contributed by atoms with Crippen molar-refractivity contribution < 1.29 is 92.0 Å². The lowest BCUT2D eigenvalue weighted by Gasteiger charge is -2.50. The lowest BCUT2D eigenvalue weighted by atomic mass is 9.73. The second kappa shape index (κ2) is 30.3. The zero-order valence-electron chi connectivity index (χ0n) is 47.0. The van der Waals surface area contributed by atoms with Crippen LogP contribution in [0.25, 0.3) is 0 Å². The molecule has 0 bridgehead atoms. The second-order valence-electron chi connectivity index (χ2n) is 21.3. The standard InChI is InChI=1S/C57H89NO19/c1-13-14-17-24-46-56(7,8)45(60)31-57(65,77-46)38(55(64)58-26-21-20-22-33(2)52(69-12)34(3)41-27-39(59)40(74-41)23-18-15-16-19-25-47(61)62)32-70-48-29-43(67-10)53(36(5)72-48)76-50-30-44(68-11)54(37(6)73-50)75-49-28-42(66-9)51(63)35(4)71-49/h13-25,34-46,48-54,59-60,63,65H,26-32H2,1-12H3,(H,58,64)(H,61,62)/b14-13-,16-15+,21-20+,23-18+,24-17+,25-19+,33-22+/t34-,35-,36-,37-,38+,39-,40-,41-,42-,43-,44+,45-,46-,48+,49-,50+,51+,52+,53+,54-,57-/m0/s1. The van der Waals surface area contributed by atoms with Gasteiger partial charge in [0.15, 0.2) is 24.7 Å². The van der Waals surface area contributed by atoms with E-state index in [1.165, 1.54) is 6.08 Å². The smallest absolute Gasteiger partial charge is 0.328 e. The molecule has 20 nitrogen and oxygen atoms in total. The molecule has 21 atom stereocenters. The Balaban J connectivity index is 1.23. The van der Waals surface area contributed by atoms with Crippen molar-refractivity contribution in [3.63, 3.8) is 0 Å². The van der Waals surface area contributed by atoms with Gasteiger partial charge in [-0.2, -0.15) is 0 Å². The Kier molecular flexibility index (Phi) is 25.3. The number of aliphatic carboxylic acids is 1. The Hall–Kier alpha value is -3.52. The van der Waals surface area contributed by atoms with E-state index in [9.17, 15) is 30.0 Å². The lowest BCUT2D eigenvalue weighted by molar-refractivity contribution is -0.341. The quantitative estimate of drug-likeness (QED) is 0.0533. The molecule has 0 aromatic carbocycles. The molecule has 5 fully saturated rings. The number of ether oxygens (including phenoxy) is 12. The van der Waals surface area contributed by atoms with Gasteiger partial charge in [-0.3, -0.25) is 4.79 Å². The minimum Gasteiger partial charge on any atom is -0.478 e. The molecule has 5 aliphatic rings. The van der Waals surface area contributed by atoms with E-state index >= 15 is 0 Å². The lowest BCUT2D eigenvalue weighted by Crippen LogP contribution is -2.62. The Morgan fingerprint density at radius 2 is 1.34 bits per heavy atom. The largest absolute Gasteiger partial charge is 0.478 e. The Morgan fingerprint density at radius 1 is 0.753 bits per heavy atom. The maximum atomic E-state index is 14.3. The van der Waals surface area contributed by atoms with Crippen molar-refractivity contribution in [3.05, 3.63) is 84.6 Å². The minimum atomic E-state index is -2.16. The van der Waals surface area contributed by atoms with Gasteiger partial charge in [0.1, 0.15) is 30.3 Å². The summed E-state index contributed by atoms with van der Waals surface area (Å²) in [7, 11) is 6.32. The zero-order valence-corrected chi connectivity index (χ0v) is 47.0. The van der Waals surface area contributed by atoms with Gasteiger partial charge in [-0.15, -0.1) is 0 Å². The van der Waals surface area contributed by atoms with Crippen molar-refractivity contribution in [1.29, 1.82) is 0 Å². The van der Waals surface area contributed by atoms with Crippen LogP contribution in [0, 0.1) is 17.3 Å². The predicted octanol–water partition coefficient (Wildman–Crippen LogP) is 4.74. The van der Waals surface area contributed by atoms with Crippen LogP contribution in [0.4, 0.5) is 0 Å². The van der Waals surface area contributed by atoms with Gasteiger partial charge < -0.3 is 87.7 Å². The molecule has 6 N–H and O–H groups in total. The number of amides is 1. The number of aliphatic hydroxyl groups is 4. The van der Waals surface area contributed by atoms with Crippen LogP contribution in [0.2, 0.25) is 0 Å². The molecule has 0 unspecified atom stereocenters. The number of carbonyl (C=O) groups excluding carboxylic acids is 1. The number of carboxylic acids is 1. The number of rotatable bonds is 25. The molecule has 0 aromatic heterocycles. The summed E-state index contributed by atoms with van der Waals surface area (Å²) in [5.74, 6) is -5.26. The van der Waals surface area contributed by atoms with Crippen molar-refractivity contribution in [1.82, 2.24) is 5.32 Å². The molecule has 0 saturated carbocycles. The highest BCUT2D eigenvalue weighted by Gasteiger charge is 2.55. The molecule has 1 amide bonds. The van der Waals surface area contributed by atoms with E-state index in [0.717, 1.165) is 11.6 Å². The first-order valence-electron chi connectivity index (χ1n) is 26.9. The average Bonchev–Trinajstić information content (AvgIpc) is 3.78. The van der Waals surface area contributed by atoms with Crippen molar-refractivity contribution in [2.24, 2.45) is 17.3 Å². The Labute approximate surface area is 455 Å². The van der Waals surface area contributed by atoms with Crippen LogP contribution in [0.5, 0.6) is 0 Å². The van der Waals surface area contributed by atoms with Crippen molar-refractivity contribution >= 4 is 11.9 Å². The number of carboxylic acid groups (broad SMARTS) is 1. The fourth-order valence-corrected chi connectivity index (χ4v) is 10.6.